The number of benzene rings is 3. The molecular formula is C47H57N3O8. The summed E-state index contributed by atoms with van der Waals surface area (Å²) in [5.74, 6) is -2.26. The highest BCUT2D eigenvalue weighted by Gasteiger charge is 2.37. The topological polar surface area (TPSA) is 141 Å². The number of hydrogen-bond acceptors (Lipinski definition) is 11. The summed E-state index contributed by atoms with van der Waals surface area (Å²) in [6, 6.07) is 18.7. The van der Waals surface area contributed by atoms with E-state index >= 15 is 0 Å². The van der Waals surface area contributed by atoms with Gasteiger partial charge in [0.05, 0.1) is 18.8 Å². The molecule has 308 valence electrons. The molecule has 0 N–H and O–H groups in total. The van der Waals surface area contributed by atoms with Crippen LogP contribution in [-0.2, 0) is 24.0 Å². The van der Waals surface area contributed by atoms with Crippen LogP contribution in [0.1, 0.15) is 159 Å². The highest BCUT2D eigenvalue weighted by molar-refractivity contribution is 6.46. The van der Waals surface area contributed by atoms with Crippen LogP contribution < -0.4 is 0 Å². The Balaban J connectivity index is 1.56. The molecule has 0 unspecified atom stereocenters. The van der Waals surface area contributed by atoms with Crippen molar-refractivity contribution in [3.05, 3.63) is 94.0 Å². The van der Waals surface area contributed by atoms with E-state index in [1.54, 1.807) is 12.1 Å². The molecule has 3 aromatic carbocycles. The highest BCUT2D eigenvalue weighted by atomic mass is 16.7. The fraction of sp³-hybridized carbons (Fsp3) is 0.468. The zero-order valence-electron chi connectivity index (χ0n) is 34.9. The number of morpholine rings is 1. The monoisotopic (exact) mass is 791 g/mol. The van der Waals surface area contributed by atoms with Gasteiger partial charge in [-0.3, -0.25) is 19.3 Å². The van der Waals surface area contributed by atoms with Gasteiger partial charge in [-0.2, -0.15) is 0 Å². The minimum absolute atomic E-state index is 0.00556. The fourth-order valence-electron chi connectivity index (χ4n) is 7.76. The van der Waals surface area contributed by atoms with E-state index in [1.807, 2.05) is 62.4 Å². The summed E-state index contributed by atoms with van der Waals surface area (Å²) in [6.07, 6.45) is 8.12. The number of carbonyl (C=O) groups excluding carboxylic acids is 5. The van der Waals surface area contributed by atoms with Crippen LogP contribution in [0.2, 0.25) is 0 Å². The minimum Gasteiger partial charge on any atom is -0.379 e. The van der Waals surface area contributed by atoms with Crippen molar-refractivity contribution in [3.8, 4) is 11.1 Å². The molecule has 0 atom stereocenters. The molecule has 1 saturated heterocycles. The van der Waals surface area contributed by atoms with Gasteiger partial charge in [-0.1, -0.05) is 111 Å². The van der Waals surface area contributed by atoms with Crippen molar-refractivity contribution in [1.82, 2.24) is 4.90 Å². The second-order valence-corrected chi connectivity index (χ2v) is 15.7. The summed E-state index contributed by atoms with van der Waals surface area (Å²) in [7, 11) is 0. The Kier molecular flexibility index (Phi) is 15.6. The third-order valence-corrected chi connectivity index (χ3v) is 11.0. The molecule has 3 aromatic rings. The van der Waals surface area contributed by atoms with Crippen LogP contribution in [0.4, 0.5) is 0 Å². The maximum absolute atomic E-state index is 14.1. The second kappa shape index (κ2) is 20.5. The van der Waals surface area contributed by atoms with Gasteiger partial charge in [-0.05, 0) is 79.5 Å². The van der Waals surface area contributed by atoms with Crippen molar-refractivity contribution in [2.24, 2.45) is 10.3 Å². The summed E-state index contributed by atoms with van der Waals surface area (Å²) >= 11 is 0. The number of fused-ring (bicyclic) bond motifs is 3. The van der Waals surface area contributed by atoms with E-state index in [0.717, 1.165) is 79.2 Å². The van der Waals surface area contributed by atoms with Gasteiger partial charge in [0.25, 0.3) is 0 Å². The largest absolute Gasteiger partial charge is 0.379 e. The van der Waals surface area contributed by atoms with Crippen molar-refractivity contribution in [3.63, 3.8) is 0 Å². The number of ketones is 3. The van der Waals surface area contributed by atoms with E-state index in [9.17, 15) is 24.0 Å². The van der Waals surface area contributed by atoms with Crippen LogP contribution in [0.3, 0.4) is 0 Å². The number of ether oxygens (including phenoxy) is 1. The maximum Gasteiger partial charge on any atom is 0.331 e. The Morgan fingerprint density at radius 3 is 1.53 bits per heavy atom. The molecule has 58 heavy (non-hydrogen) atoms. The molecule has 0 aromatic heterocycles. The lowest BCUT2D eigenvalue weighted by Crippen LogP contribution is -2.54. The lowest BCUT2D eigenvalue weighted by Gasteiger charge is -2.39. The number of oxime groups is 2. The molecule has 5 rings (SSSR count). The summed E-state index contributed by atoms with van der Waals surface area (Å²) in [6.45, 7) is 13.1. The molecule has 1 aliphatic heterocycles. The third-order valence-electron chi connectivity index (χ3n) is 11.0. The van der Waals surface area contributed by atoms with Gasteiger partial charge >= 0.3 is 11.9 Å². The van der Waals surface area contributed by atoms with Crippen LogP contribution in [0.15, 0.2) is 71.0 Å². The molecular weight excluding hydrogens is 735 g/mol. The van der Waals surface area contributed by atoms with E-state index in [2.05, 4.69) is 29.1 Å². The van der Waals surface area contributed by atoms with Crippen molar-refractivity contribution < 1.29 is 38.4 Å². The molecule has 0 spiro atoms. The average molecular weight is 792 g/mol. The fourth-order valence-corrected chi connectivity index (χ4v) is 7.76. The van der Waals surface area contributed by atoms with E-state index < -0.39 is 23.4 Å². The number of unbranched alkanes of at least 4 members (excludes halogenated alkanes) is 6. The minimum atomic E-state index is -0.730. The van der Waals surface area contributed by atoms with Gasteiger partial charge < -0.3 is 14.4 Å². The number of Topliss-reactive ketones (excluding diaryl/α,β-unsaturated/α-hetero) is 3. The Bertz CT molecular complexity index is 1940. The first-order chi connectivity index (χ1) is 27.9. The van der Waals surface area contributed by atoms with Crippen molar-refractivity contribution >= 4 is 40.7 Å². The quantitative estimate of drug-likeness (QED) is 0.0282. The zero-order chi connectivity index (χ0) is 41.8. The maximum atomic E-state index is 14.1. The number of nitrogens with zero attached hydrogens (tertiary/aromatic N) is 3. The number of carbonyl (C=O) groups is 5. The number of rotatable bonds is 20. The lowest BCUT2D eigenvalue weighted by molar-refractivity contribution is -0.141. The number of hydrogen-bond donors (Lipinski definition) is 0. The Morgan fingerprint density at radius 1 is 0.655 bits per heavy atom. The normalized spacial score (nSPS) is 15.7. The SMILES string of the molecule is CCCCCC/C(=N\OC(C)=O)C(=O)c1ccc2c(c1)C(c1ccc(C(=O)C(C)(C)N3CCOCC3)cc1)c1cc(C(=O)/C(CCCCCC)=N/OC(C)=O)ccc1-2. The lowest BCUT2D eigenvalue weighted by atomic mass is 9.85. The summed E-state index contributed by atoms with van der Waals surface area (Å²) in [4.78, 5) is 77.6. The Hall–Kier alpha value is -5.13. The molecule has 1 heterocycles. The Morgan fingerprint density at radius 2 is 1.10 bits per heavy atom. The van der Waals surface area contributed by atoms with E-state index in [-0.39, 0.29) is 28.8 Å². The summed E-state index contributed by atoms with van der Waals surface area (Å²) < 4.78 is 5.53. The molecule has 1 aliphatic carbocycles. The first-order valence-corrected chi connectivity index (χ1v) is 20.7. The van der Waals surface area contributed by atoms with Crippen molar-refractivity contribution in [1.29, 1.82) is 0 Å². The predicted octanol–water partition coefficient (Wildman–Crippen LogP) is 9.29. The highest BCUT2D eigenvalue weighted by Crippen LogP contribution is 2.49. The molecule has 11 nitrogen and oxygen atoms in total. The van der Waals surface area contributed by atoms with Crippen molar-refractivity contribution in [2.45, 2.75) is 117 Å². The Labute approximate surface area is 342 Å². The average Bonchev–Trinajstić information content (AvgIpc) is 3.55. The van der Waals surface area contributed by atoms with Gasteiger partial charge in [0.15, 0.2) is 5.78 Å². The smallest absolute Gasteiger partial charge is 0.331 e. The summed E-state index contributed by atoms with van der Waals surface area (Å²) in [5, 5.41) is 7.97. The van der Waals surface area contributed by atoms with Gasteiger partial charge in [0, 0.05) is 49.5 Å². The van der Waals surface area contributed by atoms with Crippen molar-refractivity contribution in [2.75, 3.05) is 26.3 Å². The van der Waals surface area contributed by atoms with Crippen LogP contribution in [0.5, 0.6) is 0 Å². The molecule has 0 bridgehead atoms. The molecule has 11 heteroatoms. The molecule has 0 amide bonds. The predicted molar refractivity (Wildman–Crippen MR) is 225 cm³/mol. The molecule has 0 saturated carbocycles. The van der Waals surface area contributed by atoms with Gasteiger partial charge in [-0.25, -0.2) is 9.59 Å². The third kappa shape index (κ3) is 10.7. The van der Waals surface area contributed by atoms with Crippen LogP contribution in [0.25, 0.3) is 11.1 Å². The molecule has 2 aliphatic rings. The van der Waals surface area contributed by atoms with Gasteiger partial charge in [0.1, 0.15) is 11.4 Å². The van der Waals surface area contributed by atoms with Gasteiger partial charge in [-0.15, -0.1) is 0 Å². The summed E-state index contributed by atoms with van der Waals surface area (Å²) in [5.41, 5.74) is 5.38. The van der Waals surface area contributed by atoms with E-state index in [0.29, 0.717) is 55.8 Å². The van der Waals surface area contributed by atoms with Crippen LogP contribution in [0, 0.1) is 0 Å². The first kappa shape index (κ1) is 44.0. The first-order valence-electron chi connectivity index (χ1n) is 20.7. The molecule has 0 radical (unpaired) electrons. The van der Waals surface area contributed by atoms with Gasteiger partial charge in [0.2, 0.25) is 11.6 Å². The van der Waals surface area contributed by atoms with E-state index in [1.165, 1.54) is 13.8 Å². The molecule has 1 fully saturated rings. The van der Waals surface area contributed by atoms with Crippen LogP contribution >= 0.6 is 0 Å². The second-order valence-electron chi connectivity index (χ2n) is 15.7. The zero-order valence-corrected chi connectivity index (χ0v) is 34.9. The van der Waals surface area contributed by atoms with Crippen LogP contribution in [-0.4, -0.2) is 77.5 Å². The standard InChI is InChI=1S/C47H57N3O8/c1-7-9-11-13-15-41(48-57-31(3)51)44(53)35-21-23-37-38-24-22-36(45(54)42(49-58-32(4)52)16-14-12-10-8-2)30-40(38)43(39(37)29-35)33-17-19-34(20-18-33)46(55)47(5,6)50-25-27-56-28-26-50/h17-24,29-30,43H,7-16,25-28H2,1-6H3/b48-41+,49-42+. The van der Waals surface area contributed by atoms with E-state index in [4.69, 9.17) is 14.4 Å².